The molecule has 0 spiro atoms. The third-order valence-corrected chi connectivity index (χ3v) is 3.77. The number of aromatic nitrogens is 3. The van der Waals surface area contributed by atoms with Crippen LogP contribution >= 0.6 is 0 Å². The van der Waals surface area contributed by atoms with Gasteiger partial charge in [-0.1, -0.05) is 6.07 Å². The lowest BCUT2D eigenvalue weighted by Gasteiger charge is -2.09. The first-order valence-electron chi connectivity index (χ1n) is 8.35. The highest BCUT2D eigenvalue weighted by Crippen LogP contribution is 2.15. The summed E-state index contributed by atoms with van der Waals surface area (Å²) in [7, 11) is 0. The number of pyridine rings is 1. The zero-order chi connectivity index (χ0) is 19.2. The Balaban J connectivity index is 1.83. The van der Waals surface area contributed by atoms with E-state index in [4.69, 9.17) is 4.74 Å². The van der Waals surface area contributed by atoms with E-state index >= 15 is 0 Å². The zero-order valence-corrected chi connectivity index (χ0v) is 14.6. The van der Waals surface area contributed by atoms with E-state index in [0.717, 1.165) is 10.8 Å². The monoisotopic (exact) mass is 366 g/mol. The van der Waals surface area contributed by atoms with Gasteiger partial charge in [0, 0.05) is 18.1 Å². The molecule has 0 unspecified atom stereocenters. The Morgan fingerprint density at radius 3 is 2.63 bits per heavy atom. The molecule has 0 bridgehead atoms. The highest BCUT2D eigenvalue weighted by Gasteiger charge is 2.15. The maximum atomic E-state index is 12.6. The van der Waals surface area contributed by atoms with Crippen LogP contribution in [-0.4, -0.2) is 27.0 Å². The Labute approximate surface area is 154 Å². The standard InChI is InChI=1S/C19H18N4O4/c1-2-27-15-8-6-13(7-9-15)22-17(24)16-11-21-19(26)23(18(16)25)12-14-5-3-4-10-20-14/h3-11H,2,12H2,1H3,(H,21,26)(H,22,24). The average Bonchev–Trinajstić information content (AvgIpc) is 2.67. The number of ether oxygens (including phenoxy) is 1. The van der Waals surface area contributed by atoms with Crippen LogP contribution in [0.1, 0.15) is 23.0 Å². The van der Waals surface area contributed by atoms with Crippen molar-refractivity contribution in [3.8, 4) is 5.75 Å². The largest absolute Gasteiger partial charge is 0.494 e. The summed E-state index contributed by atoms with van der Waals surface area (Å²) in [6, 6.07) is 11.9. The zero-order valence-electron chi connectivity index (χ0n) is 14.6. The fourth-order valence-corrected chi connectivity index (χ4v) is 2.47. The van der Waals surface area contributed by atoms with Gasteiger partial charge in [0.15, 0.2) is 0 Å². The number of benzene rings is 1. The summed E-state index contributed by atoms with van der Waals surface area (Å²) in [5.74, 6) is 0.0624. The molecule has 0 saturated heterocycles. The fraction of sp³-hybridized carbons (Fsp3) is 0.158. The minimum Gasteiger partial charge on any atom is -0.494 e. The molecule has 2 aromatic heterocycles. The quantitative estimate of drug-likeness (QED) is 0.690. The topological polar surface area (TPSA) is 106 Å². The summed E-state index contributed by atoms with van der Waals surface area (Å²) in [6.07, 6.45) is 2.68. The summed E-state index contributed by atoms with van der Waals surface area (Å²) in [6.45, 7) is 2.39. The van der Waals surface area contributed by atoms with Crippen molar-refractivity contribution in [3.05, 3.63) is 87.0 Å². The summed E-state index contributed by atoms with van der Waals surface area (Å²) in [5, 5.41) is 2.63. The van der Waals surface area contributed by atoms with Gasteiger partial charge in [-0.2, -0.15) is 0 Å². The fourth-order valence-electron chi connectivity index (χ4n) is 2.47. The molecule has 0 radical (unpaired) electrons. The van der Waals surface area contributed by atoms with Crippen LogP contribution < -0.4 is 21.3 Å². The third-order valence-electron chi connectivity index (χ3n) is 3.77. The van der Waals surface area contributed by atoms with Gasteiger partial charge in [-0.05, 0) is 43.3 Å². The van der Waals surface area contributed by atoms with E-state index in [9.17, 15) is 14.4 Å². The van der Waals surface area contributed by atoms with Crippen LogP contribution in [0.3, 0.4) is 0 Å². The predicted octanol–water partition coefficient (Wildman–Crippen LogP) is 1.63. The molecule has 8 nitrogen and oxygen atoms in total. The van der Waals surface area contributed by atoms with E-state index in [0.29, 0.717) is 23.7 Å². The van der Waals surface area contributed by atoms with Gasteiger partial charge in [-0.3, -0.25) is 19.1 Å². The average molecular weight is 366 g/mol. The van der Waals surface area contributed by atoms with Crippen LogP contribution in [0.15, 0.2) is 64.4 Å². The van der Waals surface area contributed by atoms with E-state index in [2.05, 4.69) is 15.3 Å². The highest BCUT2D eigenvalue weighted by atomic mass is 16.5. The van der Waals surface area contributed by atoms with Crippen LogP contribution in [0.4, 0.5) is 5.69 Å². The molecule has 27 heavy (non-hydrogen) atoms. The van der Waals surface area contributed by atoms with E-state index in [-0.39, 0.29) is 12.1 Å². The van der Waals surface area contributed by atoms with Gasteiger partial charge < -0.3 is 15.0 Å². The summed E-state index contributed by atoms with van der Waals surface area (Å²) >= 11 is 0. The summed E-state index contributed by atoms with van der Waals surface area (Å²) in [5.41, 5.74) is -0.421. The second-order valence-corrected chi connectivity index (χ2v) is 5.63. The first kappa shape index (κ1) is 18.1. The van der Waals surface area contributed by atoms with Crippen molar-refractivity contribution < 1.29 is 9.53 Å². The molecule has 3 aromatic rings. The lowest BCUT2D eigenvalue weighted by molar-refractivity contribution is 0.102. The Kier molecular flexibility index (Phi) is 5.46. The first-order valence-corrected chi connectivity index (χ1v) is 8.35. The molecule has 0 fully saturated rings. The van der Waals surface area contributed by atoms with Crippen molar-refractivity contribution in [3.63, 3.8) is 0 Å². The minimum absolute atomic E-state index is 0.0286. The molecule has 8 heteroatoms. The molecule has 0 saturated carbocycles. The summed E-state index contributed by atoms with van der Waals surface area (Å²) < 4.78 is 6.28. The maximum absolute atomic E-state index is 12.6. The lowest BCUT2D eigenvalue weighted by atomic mass is 10.2. The predicted molar refractivity (Wildman–Crippen MR) is 100 cm³/mol. The molecule has 1 amide bonds. The smallest absolute Gasteiger partial charge is 0.328 e. The van der Waals surface area contributed by atoms with Gasteiger partial charge in [0.2, 0.25) is 0 Å². The SMILES string of the molecule is CCOc1ccc(NC(=O)c2c[nH]c(=O)n(Cc3ccccn3)c2=O)cc1. The van der Waals surface area contributed by atoms with Crippen molar-refractivity contribution in [2.45, 2.75) is 13.5 Å². The van der Waals surface area contributed by atoms with Gasteiger partial charge in [0.25, 0.3) is 11.5 Å². The number of rotatable bonds is 6. The molecule has 0 aliphatic rings. The number of aromatic amines is 1. The Bertz CT molecular complexity index is 1040. The number of nitrogens with zero attached hydrogens (tertiary/aromatic N) is 2. The van der Waals surface area contributed by atoms with Crippen LogP contribution in [0.5, 0.6) is 5.75 Å². The Hall–Kier alpha value is -3.68. The molecule has 3 rings (SSSR count). The number of amides is 1. The lowest BCUT2D eigenvalue weighted by Crippen LogP contribution is -2.39. The van der Waals surface area contributed by atoms with Crippen LogP contribution in [-0.2, 0) is 6.54 Å². The second kappa shape index (κ2) is 8.13. The number of carbonyl (C=O) groups excluding carboxylic acids is 1. The van der Waals surface area contributed by atoms with Crippen molar-refractivity contribution in [2.24, 2.45) is 0 Å². The van der Waals surface area contributed by atoms with Crippen molar-refractivity contribution in [1.29, 1.82) is 0 Å². The molecule has 0 atom stereocenters. The summed E-state index contributed by atoms with van der Waals surface area (Å²) in [4.78, 5) is 43.6. The number of anilines is 1. The van der Waals surface area contributed by atoms with Gasteiger partial charge in [0.05, 0.1) is 18.8 Å². The number of hydrogen-bond acceptors (Lipinski definition) is 5. The third kappa shape index (κ3) is 4.30. The van der Waals surface area contributed by atoms with Crippen molar-refractivity contribution in [1.82, 2.24) is 14.5 Å². The van der Waals surface area contributed by atoms with E-state index in [1.165, 1.54) is 0 Å². The van der Waals surface area contributed by atoms with Gasteiger partial charge >= 0.3 is 5.69 Å². The van der Waals surface area contributed by atoms with Crippen molar-refractivity contribution >= 4 is 11.6 Å². The van der Waals surface area contributed by atoms with Crippen LogP contribution in [0.2, 0.25) is 0 Å². The van der Waals surface area contributed by atoms with E-state index < -0.39 is 17.2 Å². The molecule has 138 valence electrons. The number of hydrogen-bond donors (Lipinski definition) is 2. The molecular weight excluding hydrogens is 348 g/mol. The highest BCUT2D eigenvalue weighted by molar-refractivity contribution is 6.03. The molecule has 1 aromatic carbocycles. The second-order valence-electron chi connectivity index (χ2n) is 5.63. The number of nitrogens with one attached hydrogen (secondary N) is 2. The maximum Gasteiger partial charge on any atom is 0.328 e. The number of carbonyl (C=O) groups is 1. The van der Waals surface area contributed by atoms with Crippen LogP contribution in [0, 0.1) is 0 Å². The van der Waals surface area contributed by atoms with Gasteiger partial charge in [-0.25, -0.2) is 4.79 Å². The number of H-pyrrole nitrogens is 1. The molecule has 2 N–H and O–H groups in total. The molecule has 2 heterocycles. The Morgan fingerprint density at radius 1 is 1.19 bits per heavy atom. The van der Waals surface area contributed by atoms with Gasteiger partial charge in [0.1, 0.15) is 11.3 Å². The normalized spacial score (nSPS) is 10.4. The van der Waals surface area contributed by atoms with E-state index in [1.807, 2.05) is 6.92 Å². The van der Waals surface area contributed by atoms with Crippen LogP contribution in [0.25, 0.3) is 0 Å². The first-order chi connectivity index (χ1) is 13.1. The Morgan fingerprint density at radius 2 is 1.96 bits per heavy atom. The minimum atomic E-state index is -0.687. The van der Waals surface area contributed by atoms with Gasteiger partial charge in [-0.15, -0.1) is 0 Å². The van der Waals surface area contributed by atoms with E-state index in [1.54, 1.807) is 48.7 Å². The molecule has 0 aliphatic heterocycles. The van der Waals surface area contributed by atoms with Crippen molar-refractivity contribution in [2.75, 3.05) is 11.9 Å². The molecular formula is C19H18N4O4. The molecule has 0 aliphatic carbocycles.